The number of benzene rings is 2. The molecule has 1 unspecified atom stereocenters. The van der Waals surface area contributed by atoms with Gasteiger partial charge in [-0.15, -0.1) is 11.8 Å². The molecule has 2 amide bonds. The van der Waals surface area contributed by atoms with Crippen molar-refractivity contribution < 1.29 is 9.59 Å². The molecule has 0 spiro atoms. The van der Waals surface area contributed by atoms with E-state index in [0.29, 0.717) is 26.1 Å². The van der Waals surface area contributed by atoms with Gasteiger partial charge in [0.25, 0.3) is 0 Å². The van der Waals surface area contributed by atoms with Crippen LogP contribution in [-0.2, 0) is 9.59 Å². The fraction of sp³-hybridized carbons (Fsp3) is 0.391. The van der Waals surface area contributed by atoms with Crippen LogP contribution < -0.4 is 5.32 Å². The maximum absolute atomic E-state index is 12.8. The molecule has 5 nitrogen and oxygen atoms in total. The number of amides is 2. The molecule has 3 rings (SSSR count). The van der Waals surface area contributed by atoms with E-state index in [2.05, 4.69) is 17.1 Å². The van der Waals surface area contributed by atoms with E-state index in [4.69, 9.17) is 11.6 Å². The van der Waals surface area contributed by atoms with Crippen LogP contribution in [0, 0.1) is 0 Å². The minimum atomic E-state index is -0.0195. The number of anilines is 1. The third-order valence-electron chi connectivity index (χ3n) is 4.98. The Hall–Kier alpha value is -2.02. The molecule has 0 aliphatic carbocycles. The molecule has 1 aliphatic rings. The minimum Gasteiger partial charge on any atom is -0.341 e. The smallest absolute Gasteiger partial charge is 0.238 e. The van der Waals surface area contributed by atoms with Gasteiger partial charge in [0.05, 0.1) is 6.54 Å². The summed E-state index contributed by atoms with van der Waals surface area (Å²) in [5.74, 6) is 0.161. The summed E-state index contributed by atoms with van der Waals surface area (Å²) >= 11 is 7.62. The van der Waals surface area contributed by atoms with E-state index in [0.717, 1.165) is 35.1 Å². The van der Waals surface area contributed by atoms with E-state index in [1.165, 1.54) is 0 Å². The highest BCUT2D eigenvalue weighted by molar-refractivity contribution is 8.00. The van der Waals surface area contributed by atoms with Crippen LogP contribution in [0.4, 0.5) is 5.69 Å². The Bertz CT molecular complexity index is 832. The quantitative estimate of drug-likeness (QED) is 0.642. The maximum atomic E-state index is 12.8. The minimum absolute atomic E-state index is 0.0195. The molecule has 1 heterocycles. The van der Waals surface area contributed by atoms with Gasteiger partial charge in [0.1, 0.15) is 0 Å². The molecular formula is C23H28ClN3O2S. The van der Waals surface area contributed by atoms with Crippen molar-refractivity contribution in [2.24, 2.45) is 0 Å². The Morgan fingerprint density at radius 1 is 1.03 bits per heavy atom. The summed E-state index contributed by atoms with van der Waals surface area (Å²) in [5.41, 5.74) is 0.807. The van der Waals surface area contributed by atoms with E-state index >= 15 is 0 Å². The number of halogens is 1. The fourth-order valence-corrected chi connectivity index (χ4v) is 4.58. The van der Waals surface area contributed by atoms with Gasteiger partial charge in [-0.25, -0.2) is 0 Å². The van der Waals surface area contributed by atoms with Crippen molar-refractivity contribution >= 4 is 40.9 Å². The summed E-state index contributed by atoms with van der Waals surface area (Å²) < 4.78 is 0. The highest BCUT2D eigenvalue weighted by Crippen LogP contribution is 2.27. The van der Waals surface area contributed by atoms with E-state index < -0.39 is 0 Å². The first-order valence-corrected chi connectivity index (χ1v) is 11.5. The van der Waals surface area contributed by atoms with Crippen molar-refractivity contribution in [3.05, 3.63) is 59.6 Å². The number of nitrogens with one attached hydrogen (secondary N) is 1. The van der Waals surface area contributed by atoms with Crippen LogP contribution in [0.1, 0.15) is 19.8 Å². The first-order chi connectivity index (χ1) is 14.5. The molecule has 0 aromatic heterocycles. The summed E-state index contributed by atoms with van der Waals surface area (Å²) in [6.07, 6.45) is 1.38. The Kier molecular flexibility index (Phi) is 8.61. The summed E-state index contributed by atoms with van der Waals surface area (Å²) in [7, 11) is 0. The van der Waals surface area contributed by atoms with Crippen molar-refractivity contribution in [1.82, 2.24) is 9.80 Å². The van der Waals surface area contributed by atoms with Gasteiger partial charge in [-0.1, -0.05) is 36.7 Å². The Balaban J connectivity index is 1.42. The van der Waals surface area contributed by atoms with Gasteiger partial charge >= 0.3 is 0 Å². The second kappa shape index (κ2) is 11.4. The van der Waals surface area contributed by atoms with Gasteiger partial charge in [0.2, 0.25) is 11.8 Å². The molecule has 1 N–H and O–H groups in total. The molecule has 1 fully saturated rings. The second-order valence-electron chi connectivity index (χ2n) is 7.51. The molecule has 30 heavy (non-hydrogen) atoms. The highest BCUT2D eigenvalue weighted by Gasteiger charge is 2.22. The number of carbonyl (C=O) groups is 2. The lowest BCUT2D eigenvalue weighted by atomic mass is 10.3. The molecule has 1 saturated heterocycles. The summed E-state index contributed by atoms with van der Waals surface area (Å²) in [5, 5.41) is 3.83. The second-order valence-corrected chi connectivity index (χ2v) is 9.46. The largest absolute Gasteiger partial charge is 0.341 e. The molecule has 0 bridgehead atoms. The van der Waals surface area contributed by atoms with Crippen LogP contribution in [-0.4, -0.2) is 59.6 Å². The zero-order chi connectivity index (χ0) is 21.3. The van der Waals surface area contributed by atoms with Crippen molar-refractivity contribution in [2.45, 2.75) is 29.9 Å². The first-order valence-electron chi connectivity index (χ1n) is 10.3. The average Bonchev–Trinajstić information content (AvgIpc) is 2.96. The number of rotatable bonds is 7. The molecule has 1 atom stereocenters. The lowest BCUT2D eigenvalue weighted by Gasteiger charge is -2.23. The standard InChI is InChI=1S/C23H28ClN3O2S/c1-18(30-21-10-8-19(24)9-11-21)16-23(29)27-13-5-12-26(14-15-27)17-22(28)25-20-6-3-2-4-7-20/h2-4,6-11,18H,5,12-17H2,1H3,(H,25,28). The van der Waals surface area contributed by atoms with Crippen LogP contribution in [0.5, 0.6) is 0 Å². The van der Waals surface area contributed by atoms with Gasteiger partial charge in [0.15, 0.2) is 0 Å². The van der Waals surface area contributed by atoms with Gasteiger partial charge < -0.3 is 10.2 Å². The van der Waals surface area contributed by atoms with E-state index in [1.54, 1.807) is 11.8 Å². The zero-order valence-electron chi connectivity index (χ0n) is 17.2. The fourth-order valence-electron chi connectivity index (χ4n) is 3.47. The Morgan fingerprint density at radius 2 is 1.77 bits per heavy atom. The molecule has 2 aromatic rings. The molecule has 1 aliphatic heterocycles. The third-order valence-corrected chi connectivity index (χ3v) is 6.34. The predicted molar refractivity (Wildman–Crippen MR) is 124 cm³/mol. The van der Waals surface area contributed by atoms with Gasteiger partial charge in [0, 0.05) is 53.5 Å². The molecular weight excluding hydrogens is 418 g/mol. The number of hydrogen-bond donors (Lipinski definition) is 1. The van der Waals surface area contributed by atoms with Crippen LogP contribution in [0.15, 0.2) is 59.5 Å². The molecule has 0 saturated carbocycles. The summed E-state index contributed by atoms with van der Waals surface area (Å²) in [6, 6.07) is 17.2. The van der Waals surface area contributed by atoms with Crippen LogP contribution in [0.2, 0.25) is 5.02 Å². The van der Waals surface area contributed by atoms with E-state index in [-0.39, 0.29) is 17.1 Å². The van der Waals surface area contributed by atoms with Crippen LogP contribution in [0.3, 0.4) is 0 Å². The number of nitrogens with zero attached hydrogens (tertiary/aromatic N) is 2. The van der Waals surface area contributed by atoms with Crippen LogP contribution in [0.25, 0.3) is 0 Å². The third kappa shape index (κ3) is 7.35. The average molecular weight is 446 g/mol. The number of carbonyl (C=O) groups excluding carboxylic acids is 2. The van der Waals surface area contributed by atoms with Gasteiger partial charge in [-0.2, -0.15) is 0 Å². The lowest BCUT2D eigenvalue weighted by Crippen LogP contribution is -2.38. The van der Waals surface area contributed by atoms with Gasteiger partial charge in [-0.3, -0.25) is 14.5 Å². The van der Waals surface area contributed by atoms with Crippen molar-refractivity contribution in [2.75, 3.05) is 38.0 Å². The number of hydrogen-bond acceptors (Lipinski definition) is 4. The number of thioether (sulfide) groups is 1. The molecule has 0 radical (unpaired) electrons. The lowest BCUT2D eigenvalue weighted by molar-refractivity contribution is -0.130. The van der Waals surface area contributed by atoms with E-state index in [1.807, 2.05) is 59.5 Å². The first kappa shape index (κ1) is 22.7. The summed E-state index contributed by atoms with van der Waals surface area (Å²) in [4.78, 5) is 30.3. The maximum Gasteiger partial charge on any atom is 0.238 e. The SMILES string of the molecule is CC(CC(=O)N1CCCN(CC(=O)Nc2ccccc2)CC1)Sc1ccc(Cl)cc1. The van der Waals surface area contributed by atoms with Crippen LogP contribution >= 0.6 is 23.4 Å². The van der Waals surface area contributed by atoms with Crippen molar-refractivity contribution in [3.8, 4) is 0 Å². The normalized spacial score (nSPS) is 16.0. The van der Waals surface area contributed by atoms with Crippen molar-refractivity contribution in [1.29, 1.82) is 0 Å². The monoisotopic (exact) mass is 445 g/mol. The summed E-state index contributed by atoms with van der Waals surface area (Å²) in [6.45, 7) is 5.37. The predicted octanol–water partition coefficient (Wildman–Crippen LogP) is 4.38. The number of para-hydroxylation sites is 1. The Labute approximate surface area is 187 Å². The molecule has 160 valence electrons. The molecule has 2 aromatic carbocycles. The van der Waals surface area contributed by atoms with E-state index in [9.17, 15) is 9.59 Å². The molecule has 7 heteroatoms. The Morgan fingerprint density at radius 3 is 2.50 bits per heavy atom. The van der Waals surface area contributed by atoms with Crippen molar-refractivity contribution in [3.63, 3.8) is 0 Å². The van der Waals surface area contributed by atoms with Gasteiger partial charge in [-0.05, 0) is 42.8 Å². The topological polar surface area (TPSA) is 52.7 Å². The highest BCUT2D eigenvalue weighted by atomic mass is 35.5. The zero-order valence-corrected chi connectivity index (χ0v) is 18.8.